The first-order valence-corrected chi connectivity index (χ1v) is 5.56. The maximum Gasteiger partial charge on any atom is 0.236 e. The Labute approximate surface area is 98.8 Å². The number of amides is 1. The van der Waals surface area contributed by atoms with Gasteiger partial charge in [0.2, 0.25) is 5.91 Å². The molecule has 0 unspecified atom stereocenters. The standard InChI is InChI=1S/C12H23N3O/c1-12(2,3)10-14(4)9-11(16)15(5)8-6-7-13/h6,8-10H2,1-5H3. The third-order valence-corrected chi connectivity index (χ3v) is 2.13. The highest BCUT2D eigenvalue weighted by Crippen LogP contribution is 2.13. The number of nitriles is 1. The second kappa shape index (κ2) is 6.49. The van der Waals surface area contributed by atoms with Crippen molar-refractivity contribution in [2.45, 2.75) is 27.2 Å². The zero-order chi connectivity index (χ0) is 12.8. The summed E-state index contributed by atoms with van der Waals surface area (Å²) >= 11 is 0. The summed E-state index contributed by atoms with van der Waals surface area (Å²) in [5.74, 6) is 0.0713. The fourth-order valence-corrected chi connectivity index (χ4v) is 1.56. The van der Waals surface area contributed by atoms with E-state index in [4.69, 9.17) is 5.26 Å². The van der Waals surface area contributed by atoms with Gasteiger partial charge in [-0.15, -0.1) is 0 Å². The fourth-order valence-electron chi connectivity index (χ4n) is 1.56. The van der Waals surface area contributed by atoms with Gasteiger partial charge in [0.15, 0.2) is 0 Å². The van der Waals surface area contributed by atoms with Gasteiger partial charge in [-0.3, -0.25) is 9.69 Å². The summed E-state index contributed by atoms with van der Waals surface area (Å²) in [5.41, 5.74) is 0.195. The van der Waals surface area contributed by atoms with Gasteiger partial charge in [0.05, 0.1) is 19.0 Å². The first-order valence-electron chi connectivity index (χ1n) is 5.56. The Morgan fingerprint density at radius 2 is 1.88 bits per heavy atom. The molecule has 0 spiro atoms. The lowest BCUT2D eigenvalue weighted by molar-refractivity contribution is -0.130. The topological polar surface area (TPSA) is 47.3 Å². The van der Waals surface area contributed by atoms with E-state index in [1.165, 1.54) is 0 Å². The number of nitrogens with zero attached hydrogens (tertiary/aromatic N) is 3. The van der Waals surface area contributed by atoms with E-state index < -0.39 is 0 Å². The molecule has 0 aliphatic rings. The molecule has 92 valence electrons. The summed E-state index contributed by atoms with van der Waals surface area (Å²) < 4.78 is 0. The van der Waals surface area contributed by atoms with E-state index in [0.717, 1.165) is 6.54 Å². The van der Waals surface area contributed by atoms with Crippen LogP contribution in [-0.2, 0) is 4.79 Å². The van der Waals surface area contributed by atoms with E-state index in [-0.39, 0.29) is 11.3 Å². The van der Waals surface area contributed by atoms with Gasteiger partial charge in [-0.25, -0.2) is 0 Å². The van der Waals surface area contributed by atoms with Gasteiger partial charge in [0, 0.05) is 20.1 Å². The molecule has 0 bridgehead atoms. The lowest BCUT2D eigenvalue weighted by atomic mass is 9.96. The van der Waals surface area contributed by atoms with Crippen LogP contribution in [-0.4, -0.2) is 49.4 Å². The Balaban J connectivity index is 4.00. The normalized spacial score (nSPS) is 11.3. The highest BCUT2D eigenvalue weighted by atomic mass is 16.2. The fraction of sp³-hybridized carbons (Fsp3) is 0.833. The molecule has 4 heteroatoms. The molecule has 0 saturated carbocycles. The van der Waals surface area contributed by atoms with E-state index in [9.17, 15) is 4.79 Å². The molecule has 0 aromatic heterocycles. The van der Waals surface area contributed by atoms with Gasteiger partial charge in [0.1, 0.15) is 0 Å². The van der Waals surface area contributed by atoms with Crippen LogP contribution in [0.25, 0.3) is 0 Å². The number of rotatable bonds is 5. The maximum atomic E-state index is 11.7. The molecule has 0 aromatic carbocycles. The Morgan fingerprint density at radius 3 is 2.31 bits per heavy atom. The third kappa shape index (κ3) is 7.24. The molecular weight excluding hydrogens is 202 g/mol. The van der Waals surface area contributed by atoms with Crippen molar-refractivity contribution < 1.29 is 4.79 Å². The lowest BCUT2D eigenvalue weighted by Gasteiger charge is -2.27. The molecule has 4 nitrogen and oxygen atoms in total. The highest BCUT2D eigenvalue weighted by molar-refractivity contribution is 5.77. The van der Waals surface area contributed by atoms with Crippen LogP contribution < -0.4 is 0 Å². The van der Waals surface area contributed by atoms with Crippen molar-refractivity contribution in [1.29, 1.82) is 5.26 Å². The van der Waals surface area contributed by atoms with Crippen LogP contribution in [0.4, 0.5) is 0 Å². The van der Waals surface area contributed by atoms with Crippen molar-refractivity contribution in [2.24, 2.45) is 5.41 Å². The summed E-state index contributed by atoms with van der Waals surface area (Å²) in [6.07, 6.45) is 0.394. The van der Waals surface area contributed by atoms with Crippen LogP contribution in [0.2, 0.25) is 0 Å². The predicted molar refractivity (Wildman–Crippen MR) is 64.8 cm³/mol. The first kappa shape index (κ1) is 14.9. The monoisotopic (exact) mass is 225 g/mol. The van der Waals surface area contributed by atoms with Crippen molar-refractivity contribution in [1.82, 2.24) is 9.80 Å². The van der Waals surface area contributed by atoms with E-state index in [1.807, 2.05) is 18.0 Å². The summed E-state index contributed by atoms with van der Waals surface area (Å²) in [6, 6.07) is 2.04. The molecule has 0 radical (unpaired) electrons. The average molecular weight is 225 g/mol. The van der Waals surface area contributed by atoms with Gasteiger partial charge in [-0.2, -0.15) is 5.26 Å². The highest BCUT2D eigenvalue weighted by Gasteiger charge is 2.17. The molecule has 0 rings (SSSR count). The lowest BCUT2D eigenvalue weighted by Crippen LogP contribution is -2.40. The van der Waals surface area contributed by atoms with E-state index >= 15 is 0 Å². The van der Waals surface area contributed by atoms with Crippen molar-refractivity contribution in [3.05, 3.63) is 0 Å². The average Bonchev–Trinajstić information content (AvgIpc) is 2.10. The zero-order valence-corrected chi connectivity index (χ0v) is 11.1. The van der Waals surface area contributed by atoms with Gasteiger partial charge in [-0.1, -0.05) is 20.8 Å². The molecule has 0 N–H and O–H groups in total. The SMILES string of the molecule is CN(CC(=O)N(C)CCC#N)CC(C)(C)C. The van der Waals surface area contributed by atoms with E-state index in [0.29, 0.717) is 19.5 Å². The van der Waals surface area contributed by atoms with Crippen LogP contribution >= 0.6 is 0 Å². The third-order valence-electron chi connectivity index (χ3n) is 2.13. The second-order valence-electron chi connectivity index (χ2n) is 5.46. The molecule has 0 heterocycles. The van der Waals surface area contributed by atoms with Crippen molar-refractivity contribution in [3.63, 3.8) is 0 Å². The minimum absolute atomic E-state index is 0.0713. The predicted octanol–water partition coefficient (Wildman–Crippen LogP) is 1.34. The van der Waals surface area contributed by atoms with Crippen LogP contribution in [0.3, 0.4) is 0 Å². The summed E-state index contributed by atoms with van der Waals surface area (Å²) in [6.45, 7) is 8.25. The van der Waals surface area contributed by atoms with Gasteiger partial charge < -0.3 is 4.90 Å². The molecule has 1 amide bonds. The van der Waals surface area contributed by atoms with Crippen molar-refractivity contribution >= 4 is 5.91 Å². The molecule has 0 atom stereocenters. The molecule has 0 aromatic rings. The van der Waals surface area contributed by atoms with Gasteiger partial charge in [-0.05, 0) is 12.5 Å². The Morgan fingerprint density at radius 1 is 1.31 bits per heavy atom. The molecule has 16 heavy (non-hydrogen) atoms. The maximum absolute atomic E-state index is 11.7. The van der Waals surface area contributed by atoms with Crippen LogP contribution in [0.1, 0.15) is 27.2 Å². The Hall–Kier alpha value is -1.08. The van der Waals surface area contributed by atoms with Crippen LogP contribution in [0.5, 0.6) is 0 Å². The second-order valence-corrected chi connectivity index (χ2v) is 5.46. The molecule has 0 aliphatic carbocycles. The zero-order valence-electron chi connectivity index (χ0n) is 11.1. The number of hydrogen-bond acceptors (Lipinski definition) is 3. The first-order chi connectivity index (χ1) is 7.26. The molecular formula is C12H23N3O. The quantitative estimate of drug-likeness (QED) is 0.709. The minimum Gasteiger partial charge on any atom is -0.344 e. The Bertz CT molecular complexity index is 262. The Kier molecular flexibility index (Phi) is 6.05. The largest absolute Gasteiger partial charge is 0.344 e. The smallest absolute Gasteiger partial charge is 0.236 e. The van der Waals surface area contributed by atoms with E-state index in [1.54, 1.807) is 11.9 Å². The molecule has 0 fully saturated rings. The number of carbonyl (C=O) groups excluding carboxylic acids is 1. The van der Waals surface area contributed by atoms with Crippen LogP contribution in [0.15, 0.2) is 0 Å². The number of carbonyl (C=O) groups is 1. The van der Waals surface area contributed by atoms with Crippen molar-refractivity contribution in [2.75, 3.05) is 33.7 Å². The number of likely N-dealkylation sites (N-methyl/N-ethyl adjacent to an activating group) is 2. The van der Waals surface area contributed by atoms with Gasteiger partial charge >= 0.3 is 0 Å². The molecule has 0 saturated heterocycles. The molecule has 0 aliphatic heterocycles. The minimum atomic E-state index is 0.0713. The van der Waals surface area contributed by atoms with E-state index in [2.05, 4.69) is 20.8 Å². The summed E-state index contributed by atoms with van der Waals surface area (Å²) in [5, 5.41) is 8.43. The summed E-state index contributed by atoms with van der Waals surface area (Å²) in [4.78, 5) is 15.4. The number of hydrogen-bond donors (Lipinski definition) is 0. The van der Waals surface area contributed by atoms with Crippen molar-refractivity contribution in [3.8, 4) is 6.07 Å². The van der Waals surface area contributed by atoms with Crippen LogP contribution in [0, 0.1) is 16.7 Å². The van der Waals surface area contributed by atoms with Gasteiger partial charge in [0.25, 0.3) is 0 Å². The summed E-state index contributed by atoms with van der Waals surface area (Å²) in [7, 11) is 3.69.